The van der Waals surface area contributed by atoms with Crippen LogP contribution in [0.5, 0.6) is 0 Å². The molecular weight excluding hydrogens is 312 g/mol. The van der Waals surface area contributed by atoms with Crippen LogP contribution in [0.3, 0.4) is 0 Å². The molecule has 0 aromatic heterocycles. The first-order chi connectivity index (χ1) is 10.8. The molecule has 1 unspecified atom stereocenters. The maximum atomic E-state index is 12.1. The van der Waals surface area contributed by atoms with Crippen molar-refractivity contribution in [2.24, 2.45) is 0 Å². The molecule has 1 aliphatic heterocycles. The first-order valence-electron chi connectivity index (χ1n) is 8.48. The number of amides is 1. The van der Waals surface area contributed by atoms with Crippen molar-refractivity contribution in [1.82, 2.24) is 10.6 Å². The predicted octanol–water partition coefficient (Wildman–Crippen LogP) is 2.63. The summed E-state index contributed by atoms with van der Waals surface area (Å²) >= 11 is 0. The molecular formula is C18H27ClN2O2. The molecule has 0 bridgehead atoms. The van der Waals surface area contributed by atoms with Gasteiger partial charge in [-0.3, -0.25) is 4.79 Å². The topological polar surface area (TPSA) is 50.4 Å². The van der Waals surface area contributed by atoms with Crippen LogP contribution in [0.2, 0.25) is 0 Å². The quantitative estimate of drug-likeness (QED) is 0.887. The molecule has 2 fully saturated rings. The lowest BCUT2D eigenvalue weighted by Gasteiger charge is -2.30. The Morgan fingerprint density at radius 1 is 1.17 bits per heavy atom. The molecule has 4 nitrogen and oxygen atoms in total. The van der Waals surface area contributed by atoms with Crippen molar-refractivity contribution in [1.29, 1.82) is 0 Å². The number of ether oxygens (including phenoxy) is 1. The third kappa shape index (κ3) is 5.48. The zero-order valence-corrected chi connectivity index (χ0v) is 14.3. The fourth-order valence-corrected chi connectivity index (χ4v) is 3.54. The number of morpholine rings is 1. The van der Waals surface area contributed by atoms with Gasteiger partial charge >= 0.3 is 0 Å². The van der Waals surface area contributed by atoms with Crippen LogP contribution in [0.4, 0.5) is 0 Å². The summed E-state index contributed by atoms with van der Waals surface area (Å²) in [5.74, 6) is 0.789. The zero-order chi connectivity index (χ0) is 15.2. The monoisotopic (exact) mass is 338 g/mol. The summed E-state index contributed by atoms with van der Waals surface area (Å²) in [5.41, 5.74) is 1.44. The Morgan fingerprint density at radius 3 is 2.57 bits per heavy atom. The second kappa shape index (κ2) is 9.26. The minimum Gasteiger partial charge on any atom is -0.375 e. The summed E-state index contributed by atoms with van der Waals surface area (Å²) in [6.07, 6.45) is 5.00. The highest BCUT2D eigenvalue weighted by Crippen LogP contribution is 2.32. The number of hydrogen-bond donors (Lipinski definition) is 2. The molecule has 1 atom stereocenters. The normalized spacial score (nSPS) is 27.7. The van der Waals surface area contributed by atoms with Crippen LogP contribution in [0, 0.1) is 0 Å². The molecule has 0 spiro atoms. The van der Waals surface area contributed by atoms with Gasteiger partial charge in [-0.15, -0.1) is 12.4 Å². The van der Waals surface area contributed by atoms with Crippen molar-refractivity contribution in [3.05, 3.63) is 35.9 Å². The number of rotatable bonds is 4. The molecule has 2 aliphatic rings. The average molecular weight is 339 g/mol. The van der Waals surface area contributed by atoms with Crippen LogP contribution >= 0.6 is 12.4 Å². The SMILES string of the molecule is Cl.O=C(CC1CNCCO1)NC1CCC(c2ccccc2)CC1. The maximum Gasteiger partial charge on any atom is 0.222 e. The van der Waals surface area contributed by atoms with E-state index in [2.05, 4.69) is 41.0 Å². The third-order valence-electron chi connectivity index (χ3n) is 4.78. The third-order valence-corrected chi connectivity index (χ3v) is 4.78. The van der Waals surface area contributed by atoms with Crippen molar-refractivity contribution in [2.45, 2.75) is 50.2 Å². The lowest BCUT2D eigenvalue weighted by atomic mass is 9.82. The van der Waals surface area contributed by atoms with Crippen LogP contribution in [0.15, 0.2) is 30.3 Å². The van der Waals surface area contributed by atoms with Crippen molar-refractivity contribution in [3.63, 3.8) is 0 Å². The van der Waals surface area contributed by atoms with Gasteiger partial charge in [0.2, 0.25) is 5.91 Å². The van der Waals surface area contributed by atoms with Crippen LogP contribution in [-0.2, 0) is 9.53 Å². The molecule has 23 heavy (non-hydrogen) atoms. The molecule has 1 heterocycles. The van der Waals surface area contributed by atoms with E-state index in [0.717, 1.165) is 38.8 Å². The molecule has 1 amide bonds. The summed E-state index contributed by atoms with van der Waals surface area (Å²) in [5, 5.41) is 6.45. The number of halogens is 1. The van der Waals surface area contributed by atoms with Gasteiger partial charge in [0.25, 0.3) is 0 Å². The van der Waals surface area contributed by atoms with E-state index in [-0.39, 0.29) is 24.4 Å². The lowest BCUT2D eigenvalue weighted by Crippen LogP contribution is -2.44. The Bertz CT molecular complexity index is 469. The van der Waals surface area contributed by atoms with E-state index in [1.807, 2.05) is 0 Å². The Hall–Kier alpha value is -1.10. The van der Waals surface area contributed by atoms with Gasteiger partial charge in [-0.1, -0.05) is 30.3 Å². The maximum absolute atomic E-state index is 12.1. The summed E-state index contributed by atoms with van der Waals surface area (Å²) in [6.45, 7) is 2.38. The Balaban J connectivity index is 0.00000192. The largest absolute Gasteiger partial charge is 0.375 e. The first kappa shape index (κ1) is 18.2. The highest BCUT2D eigenvalue weighted by atomic mass is 35.5. The number of carbonyl (C=O) groups excluding carboxylic acids is 1. The summed E-state index contributed by atoms with van der Waals surface area (Å²) < 4.78 is 5.59. The van der Waals surface area contributed by atoms with Crippen molar-refractivity contribution < 1.29 is 9.53 Å². The van der Waals surface area contributed by atoms with Gasteiger partial charge in [0, 0.05) is 19.1 Å². The summed E-state index contributed by atoms with van der Waals surface area (Å²) in [4.78, 5) is 12.1. The Labute approximate surface area is 144 Å². The number of benzene rings is 1. The number of carbonyl (C=O) groups is 1. The van der Waals surface area contributed by atoms with E-state index in [0.29, 0.717) is 25.0 Å². The van der Waals surface area contributed by atoms with Crippen LogP contribution in [-0.4, -0.2) is 37.7 Å². The van der Waals surface area contributed by atoms with Crippen LogP contribution < -0.4 is 10.6 Å². The van der Waals surface area contributed by atoms with Crippen LogP contribution in [0.25, 0.3) is 0 Å². The predicted molar refractivity (Wildman–Crippen MR) is 94.1 cm³/mol. The highest BCUT2D eigenvalue weighted by molar-refractivity contribution is 5.85. The zero-order valence-electron chi connectivity index (χ0n) is 13.5. The van der Waals surface area contributed by atoms with E-state index in [1.165, 1.54) is 5.56 Å². The van der Waals surface area contributed by atoms with Gasteiger partial charge in [-0.2, -0.15) is 0 Å². The van der Waals surface area contributed by atoms with E-state index < -0.39 is 0 Å². The highest BCUT2D eigenvalue weighted by Gasteiger charge is 2.24. The minimum absolute atomic E-state index is 0. The average Bonchev–Trinajstić information content (AvgIpc) is 2.57. The first-order valence-corrected chi connectivity index (χ1v) is 8.48. The summed E-state index contributed by atoms with van der Waals surface area (Å²) in [7, 11) is 0. The molecule has 5 heteroatoms. The Morgan fingerprint density at radius 2 is 1.91 bits per heavy atom. The van der Waals surface area contributed by atoms with Gasteiger partial charge in [-0.25, -0.2) is 0 Å². The number of hydrogen-bond acceptors (Lipinski definition) is 3. The van der Waals surface area contributed by atoms with E-state index in [1.54, 1.807) is 0 Å². The van der Waals surface area contributed by atoms with E-state index in [9.17, 15) is 4.79 Å². The van der Waals surface area contributed by atoms with Gasteiger partial charge in [0.05, 0.1) is 19.1 Å². The molecule has 0 radical (unpaired) electrons. The lowest BCUT2D eigenvalue weighted by molar-refractivity contribution is -0.125. The van der Waals surface area contributed by atoms with Crippen molar-refractivity contribution >= 4 is 18.3 Å². The second-order valence-electron chi connectivity index (χ2n) is 6.43. The molecule has 3 rings (SSSR count). The van der Waals surface area contributed by atoms with Gasteiger partial charge in [-0.05, 0) is 37.2 Å². The molecule has 1 saturated heterocycles. The molecule has 1 aromatic carbocycles. The molecule has 1 aromatic rings. The van der Waals surface area contributed by atoms with Gasteiger partial charge < -0.3 is 15.4 Å². The standard InChI is InChI=1S/C18H26N2O2.ClH/c21-18(12-17-13-19-10-11-22-17)20-16-8-6-15(7-9-16)14-4-2-1-3-5-14;/h1-5,15-17,19H,6-13H2,(H,20,21);1H. The van der Waals surface area contributed by atoms with E-state index in [4.69, 9.17) is 4.74 Å². The minimum atomic E-state index is 0. The number of nitrogens with one attached hydrogen (secondary N) is 2. The molecule has 1 saturated carbocycles. The summed E-state index contributed by atoms with van der Waals surface area (Å²) in [6, 6.07) is 11.1. The smallest absolute Gasteiger partial charge is 0.222 e. The van der Waals surface area contributed by atoms with Gasteiger partial charge in [0.15, 0.2) is 0 Å². The fraction of sp³-hybridized carbons (Fsp3) is 0.611. The van der Waals surface area contributed by atoms with Crippen LogP contribution in [0.1, 0.15) is 43.6 Å². The Kier molecular flexibility index (Phi) is 7.34. The van der Waals surface area contributed by atoms with Gasteiger partial charge in [0.1, 0.15) is 0 Å². The molecule has 1 aliphatic carbocycles. The van der Waals surface area contributed by atoms with Crippen molar-refractivity contribution in [2.75, 3.05) is 19.7 Å². The molecule has 2 N–H and O–H groups in total. The van der Waals surface area contributed by atoms with E-state index >= 15 is 0 Å². The van der Waals surface area contributed by atoms with Crippen molar-refractivity contribution in [3.8, 4) is 0 Å². The second-order valence-corrected chi connectivity index (χ2v) is 6.43. The molecule has 128 valence electrons. The fourth-order valence-electron chi connectivity index (χ4n) is 3.54.